The molecule has 0 radical (unpaired) electrons. The van der Waals surface area contributed by atoms with Gasteiger partial charge in [0.1, 0.15) is 5.82 Å². The zero-order valence-corrected chi connectivity index (χ0v) is 15.6. The number of piperidine rings is 1. The predicted octanol–water partition coefficient (Wildman–Crippen LogP) is 5.06. The second-order valence-corrected chi connectivity index (χ2v) is 9.02. The number of rotatable bonds is 5. The molecule has 0 atom stereocenters. The van der Waals surface area contributed by atoms with Crippen molar-refractivity contribution in [2.75, 3.05) is 13.1 Å². The molecule has 3 aromatic rings. The first-order valence-corrected chi connectivity index (χ1v) is 10.5. The van der Waals surface area contributed by atoms with Gasteiger partial charge in [0.25, 0.3) is 0 Å². The topological polar surface area (TPSA) is 24.9 Å². The van der Waals surface area contributed by atoms with Crippen molar-refractivity contribution in [1.82, 2.24) is 10.3 Å². The summed E-state index contributed by atoms with van der Waals surface area (Å²) < 4.78 is 15.5. The minimum Gasteiger partial charge on any atom is -0.317 e. The molecule has 2 nitrogen and oxygen atoms in total. The van der Waals surface area contributed by atoms with E-state index in [2.05, 4.69) is 23.5 Å². The van der Waals surface area contributed by atoms with E-state index >= 15 is 0 Å². The van der Waals surface area contributed by atoms with Crippen molar-refractivity contribution >= 4 is 33.3 Å². The van der Waals surface area contributed by atoms with E-state index in [1.165, 1.54) is 39.6 Å². The molecular formula is C20H21FN2S2. The third-order valence-electron chi connectivity index (χ3n) is 4.63. The van der Waals surface area contributed by atoms with Crippen LogP contribution >= 0.6 is 23.1 Å². The molecule has 1 aliphatic rings. The van der Waals surface area contributed by atoms with Crippen LogP contribution in [0.5, 0.6) is 0 Å². The van der Waals surface area contributed by atoms with Crippen molar-refractivity contribution in [1.29, 1.82) is 0 Å². The summed E-state index contributed by atoms with van der Waals surface area (Å²) in [5.74, 6) is -0.176. The number of thioether (sulfide) groups is 1. The molecular weight excluding hydrogens is 351 g/mol. The summed E-state index contributed by atoms with van der Waals surface area (Å²) in [6.07, 6.45) is 4.29. The van der Waals surface area contributed by atoms with Crippen LogP contribution in [-0.4, -0.2) is 23.3 Å². The third kappa shape index (κ3) is 4.22. The zero-order valence-electron chi connectivity index (χ0n) is 14.0. The van der Waals surface area contributed by atoms with Crippen molar-refractivity contribution in [3.63, 3.8) is 0 Å². The van der Waals surface area contributed by atoms with Gasteiger partial charge in [-0.2, -0.15) is 0 Å². The van der Waals surface area contributed by atoms with Crippen LogP contribution in [0.25, 0.3) is 10.2 Å². The molecule has 5 heteroatoms. The van der Waals surface area contributed by atoms with Gasteiger partial charge in [-0.25, -0.2) is 9.37 Å². The summed E-state index contributed by atoms with van der Waals surface area (Å²) >= 11 is 3.75. The Morgan fingerprint density at radius 1 is 1.08 bits per heavy atom. The van der Waals surface area contributed by atoms with E-state index in [4.69, 9.17) is 4.98 Å². The Bertz CT molecular complexity index is 839. The Kier molecular flexibility index (Phi) is 5.34. The quantitative estimate of drug-likeness (QED) is 0.677. The van der Waals surface area contributed by atoms with E-state index < -0.39 is 0 Å². The maximum atomic E-state index is 13.0. The number of aryl methyl sites for hydroxylation is 2. The molecule has 0 aliphatic carbocycles. The molecule has 0 saturated carbocycles. The number of halogens is 1. The summed E-state index contributed by atoms with van der Waals surface area (Å²) in [6.45, 7) is 2.23. The molecule has 0 amide bonds. The van der Waals surface area contributed by atoms with E-state index in [0.29, 0.717) is 5.25 Å². The number of hydrogen-bond donors (Lipinski definition) is 1. The first kappa shape index (κ1) is 17.0. The molecule has 130 valence electrons. The van der Waals surface area contributed by atoms with Crippen LogP contribution in [0, 0.1) is 5.82 Å². The Morgan fingerprint density at radius 2 is 1.88 bits per heavy atom. The van der Waals surface area contributed by atoms with E-state index in [-0.39, 0.29) is 5.82 Å². The van der Waals surface area contributed by atoms with Crippen molar-refractivity contribution < 1.29 is 4.39 Å². The Hall–Kier alpha value is -1.43. The predicted molar refractivity (Wildman–Crippen MR) is 105 cm³/mol. The second kappa shape index (κ2) is 7.85. The van der Waals surface area contributed by atoms with Gasteiger partial charge in [0.15, 0.2) is 4.34 Å². The highest BCUT2D eigenvalue weighted by molar-refractivity contribution is 8.01. The minimum atomic E-state index is -0.176. The van der Waals surface area contributed by atoms with E-state index in [9.17, 15) is 4.39 Å². The van der Waals surface area contributed by atoms with Crippen LogP contribution in [0.15, 0.2) is 46.8 Å². The highest BCUT2D eigenvalue weighted by Crippen LogP contribution is 2.36. The SMILES string of the molecule is Fc1ccc(CCc2cccc3sc(SC4CCNCC4)nc23)cc1. The molecule has 1 N–H and O–H groups in total. The molecule has 2 aromatic carbocycles. The summed E-state index contributed by atoms with van der Waals surface area (Å²) in [5.41, 5.74) is 3.60. The number of aromatic nitrogens is 1. The first-order valence-electron chi connectivity index (χ1n) is 8.78. The van der Waals surface area contributed by atoms with Gasteiger partial charge in [0.2, 0.25) is 0 Å². The van der Waals surface area contributed by atoms with E-state index in [0.717, 1.165) is 37.0 Å². The second-order valence-electron chi connectivity index (χ2n) is 6.44. The largest absolute Gasteiger partial charge is 0.317 e. The Morgan fingerprint density at radius 3 is 2.68 bits per heavy atom. The van der Waals surface area contributed by atoms with Gasteiger partial charge in [0, 0.05) is 5.25 Å². The van der Waals surface area contributed by atoms with E-state index in [1.807, 2.05) is 35.2 Å². The minimum absolute atomic E-state index is 0.176. The smallest absolute Gasteiger partial charge is 0.151 e. The standard InChI is InChI=1S/C20H21FN2S2/c21-16-8-5-14(6-9-16)4-7-15-2-1-3-18-19(15)23-20(25-18)24-17-10-12-22-13-11-17/h1-3,5-6,8-9,17,22H,4,7,10-13H2. The third-order valence-corrected chi connectivity index (χ3v) is 7.08. The lowest BCUT2D eigenvalue weighted by atomic mass is 10.0. The summed E-state index contributed by atoms with van der Waals surface area (Å²) in [5, 5.41) is 4.10. The lowest BCUT2D eigenvalue weighted by Crippen LogP contribution is -2.29. The number of thiazole rings is 1. The molecule has 2 heterocycles. The number of nitrogens with one attached hydrogen (secondary N) is 1. The zero-order chi connectivity index (χ0) is 17.1. The molecule has 0 unspecified atom stereocenters. The highest BCUT2D eigenvalue weighted by atomic mass is 32.2. The average Bonchev–Trinajstić information content (AvgIpc) is 3.05. The monoisotopic (exact) mass is 372 g/mol. The summed E-state index contributed by atoms with van der Waals surface area (Å²) in [6, 6.07) is 13.3. The highest BCUT2D eigenvalue weighted by Gasteiger charge is 2.17. The number of nitrogens with zero attached hydrogens (tertiary/aromatic N) is 1. The molecule has 1 saturated heterocycles. The Balaban J connectivity index is 1.49. The van der Waals surface area contributed by atoms with Crippen molar-refractivity contribution in [2.24, 2.45) is 0 Å². The lowest BCUT2D eigenvalue weighted by molar-refractivity contribution is 0.531. The van der Waals surface area contributed by atoms with Crippen molar-refractivity contribution in [3.05, 3.63) is 59.4 Å². The van der Waals surface area contributed by atoms with Crippen LogP contribution in [0.4, 0.5) is 4.39 Å². The molecule has 0 bridgehead atoms. The summed E-state index contributed by atoms with van der Waals surface area (Å²) in [7, 11) is 0. The van der Waals surface area contributed by atoms with Crippen molar-refractivity contribution in [3.8, 4) is 0 Å². The maximum absolute atomic E-state index is 13.0. The van der Waals surface area contributed by atoms with Gasteiger partial charge in [-0.15, -0.1) is 11.3 Å². The van der Waals surface area contributed by atoms with Gasteiger partial charge in [-0.05, 0) is 68.1 Å². The van der Waals surface area contributed by atoms with E-state index in [1.54, 1.807) is 0 Å². The average molecular weight is 373 g/mol. The van der Waals surface area contributed by atoms with Crippen LogP contribution in [0.3, 0.4) is 0 Å². The maximum Gasteiger partial charge on any atom is 0.151 e. The van der Waals surface area contributed by atoms with Gasteiger partial charge < -0.3 is 5.32 Å². The van der Waals surface area contributed by atoms with Crippen LogP contribution in [0.2, 0.25) is 0 Å². The number of benzene rings is 2. The van der Waals surface area contributed by atoms with Crippen molar-refractivity contribution in [2.45, 2.75) is 35.3 Å². The van der Waals surface area contributed by atoms with Gasteiger partial charge >= 0.3 is 0 Å². The van der Waals surface area contributed by atoms with Gasteiger partial charge in [-0.1, -0.05) is 36.0 Å². The molecule has 0 spiro atoms. The fourth-order valence-electron chi connectivity index (χ4n) is 3.22. The fourth-order valence-corrected chi connectivity index (χ4v) is 5.74. The van der Waals surface area contributed by atoms with Gasteiger partial charge in [-0.3, -0.25) is 0 Å². The molecule has 25 heavy (non-hydrogen) atoms. The van der Waals surface area contributed by atoms with Gasteiger partial charge in [0.05, 0.1) is 10.2 Å². The molecule has 1 fully saturated rings. The van der Waals surface area contributed by atoms with Crippen LogP contribution in [-0.2, 0) is 12.8 Å². The fraction of sp³-hybridized carbons (Fsp3) is 0.350. The van der Waals surface area contributed by atoms with Crippen LogP contribution < -0.4 is 5.32 Å². The van der Waals surface area contributed by atoms with Crippen LogP contribution in [0.1, 0.15) is 24.0 Å². The number of hydrogen-bond acceptors (Lipinski definition) is 4. The lowest BCUT2D eigenvalue weighted by Gasteiger charge is -2.20. The molecule has 1 aliphatic heterocycles. The Labute approximate surface area is 155 Å². The number of para-hydroxylation sites is 1. The molecule has 4 rings (SSSR count). The number of fused-ring (bicyclic) bond motifs is 1. The normalized spacial score (nSPS) is 15.7. The summed E-state index contributed by atoms with van der Waals surface area (Å²) in [4.78, 5) is 4.93. The molecule has 1 aromatic heterocycles. The first-order chi connectivity index (χ1) is 12.3.